The number of β-amino-alcohol motifs (C(OH)–C–C–N with tert-alkyl or cyclic N) is 1. The van der Waals surface area contributed by atoms with Crippen LogP contribution in [-0.4, -0.2) is 37.0 Å². The maximum absolute atomic E-state index is 12.1. The summed E-state index contributed by atoms with van der Waals surface area (Å²) in [5.41, 5.74) is 5.78. The molecule has 1 aliphatic rings. The fourth-order valence-corrected chi connectivity index (χ4v) is 4.76. The summed E-state index contributed by atoms with van der Waals surface area (Å²) in [5.74, 6) is 0. The van der Waals surface area contributed by atoms with E-state index in [-0.39, 0.29) is 20.8 Å². The van der Waals surface area contributed by atoms with Crippen LogP contribution in [0.25, 0.3) is 0 Å². The van der Waals surface area contributed by atoms with Crippen molar-refractivity contribution in [2.45, 2.75) is 16.7 Å². The van der Waals surface area contributed by atoms with Gasteiger partial charge in [-0.3, -0.25) is 0 Å². The Balaban J connectivity index is 2.32. The second-order valence-electron chi connectivity index (χ2n) is 3.60. The molecule has 2 rings (SSSR count). The number of hydrogen-bond donors (Lipinski definition) is 2. The largest absolute Gasteiger partial charge is 0.397 e. The minimum absolute atomic E-state index is 0.129. The van der Waals surface area contributed by atoms with Crippen LogP contribution in [0.5, 0.6) is 0 Å². The summed E-state index contributed by atoms with van der Waals surface area (Å²) in [7, 11) is -3.55. The third-order valence-electron chi connectivity index (χ3n) is 2.41. The lowest BCUT2D eigenvalue weighted by atomic mass is 10.3. The average Bonchev–Trinajstić information content (AvgIpc) is 2.75. The first-order valence-corrected chi connectivity index (χ1v) is 7.27. The van der Waals surface area contributed by atoms with Crippen molar-refractivity contribution in [2.75, 3.05) is 18.8 Å². The van der Waals surface area contributed by atoms with Crippen LogP contribution in [0.1, 0.15) is 6.42 Å². The lowest BCUT2D eigenvalue weighted by Gasteiger charge is -2.13. The first-order valence-electron chi connectivity index (χ1n) is 4.64. The van der Waals surface area contributed by atoms with Crippen LogP contribution >= 0.6 is 22.9 Å². The Hall–Kier alpha value is -0.340. The SMILES string of the molecule is Nc1cc(S(=O)(=O)N2CC[C@H](O)C2)sc1Cl. The Labute approximate surface area is 102 Å². The van der Waals surface area contributed by atoms with Crippen LogP contribution in [0.4, 0.5) is 5.69 Å². The third-order valence-corrected chi connectivity index (χ3v) is 6.11. The predicted octanol–water partition coefficient (Wildman–Crippen LogP) is 0.739. The van der Waals surface area contributed by atoms with E-state index in [0.717, 1.165) is 11.3 Å². The summed E-state index contributed by atoms with van der Waals surface area (Å²) in [6.07, 6.45) is -0.115. The van der Waals surface area contributed by atoms with Gasteiger partial charge in [0, 0.05) is 13.1 Å². The molecule has 5 nitrogen and oxygen atoms in total. The van der Waals surface area contributed by atoms with Crippen molar-refractivity contribution in [3.8, 4) is 0 Å². The molecule has 2 heterocycles. The number of halogens is 1. The topological polar surface area (TPSA) is 83.6 Å². The van der Waals surface area contributed by atoms with Crippen molar-refractivity contribution in [2.24, 2.45) is 0 Å². The van der Waals surface area contributed by atoms with Gasteiger partial charge in [0.2, 0.25) is 0 Å². The summed E-state index contributed by atoms with van der Waals surface area (Å²) in [4.78, 5) is 0. The number of anilines is 1. The van der Waals surface area contributed by atoms with Gasteiger partial charge in [-0.25, -0.2) is 8.42 Å². The van der Waals surface area contributed by atoms with Gasteiger partial charge in [0.15, 0.2) is 0 Å². The highest BCUT2D eigenvalue weighted by Gasteiger charge is 2.33. The number of nitrogens with two attached hydrogens (primary N) is 1. The summed E-state index contributed by atoms with van der Waals surface area (Å²) in [5, 5.41) is 9.32. The minimum Gasteiger partial charge on any atom is -0.397 e. The molecule has 0 radical (unpaired) electrons. The molecule has 0 saturated carbocycles. The molecule has 0 bridgehead atoms. The standard InChI is InChI=1S/C8H11ClN2O3S2/c9-8-6(10)3-7(15-8)16(13,14)11-2-1-5(12)4-11/h3,5,12H,1-2,4,10H2/t5-/m0/s1. The molecule has 1 atom stereocenters. The van der Waals surface area contributed by atoms with E-state index in [1.165, 1.54) is 10.4 Å². The molecule has 8 heteroatoms. The molecule has 90 valence electrons. The third kappa shape index (κ3) is 2.05. The van der Waals surface area contributed by atoms with Crippen molar-refractivity contribution in [3.05, 3.63) is 10.4 Å². The number of nitrogen functional groups attached to an aromatic ring is 1. The predicted molar refractivity (Wildman–Crippen MR) is 63.1 cm³/mol. The molecule has 1 aliphatic heterocycles. The quantitative estimate of drug-likeness (QED) is 0.838. The molecule has 16 heavy (non-hydrogen) atoms. The highest BCUT2D eigenvalue weighted by Crippen LogP contribution is 2.35. The van der Waals surface area contributed by atoms with Crippen LogP contribution in [0, 0.1) is 0 Å². The molecule has 1 saturated heterocycles. The molecule has 3 N–H and O–H groups in total. The number of sulfonamides is 1. The van der Waals surface area contributed by atoms with Crippen LogP contribution in [0.3, 0.4) is 0 Å². The van der Waals surface area contributed by atoms with Gasteiger partial charge in [0.1, 0.15) is 8.55 Å². The Morgan fingerprint density at radius 1 is 1.62 bits per heavy atom. The highest BCUT2D eigenvalue weighted by molar-refractivity contribution is 7.91. The van der Waals surface area contributed by atoms with Crippen LogP contribution in [0.2, 0.25) is 4.34 Å². The van der Waals surface area contributed by atoms with Gasteiger partial charge in [-0.2, -0.15) is 4.31 Å². The van der Waals surface area contributed by atoms with Gasteiger partial charge >= 0.3 is 0 Å². The van der Waals surface area contributed by atoms with Crippen molar-refractivity contribution in [3.63, 3.8) is 0 Å². The fourth-order valence-electron chi connectivity index (χ4n) is 1.54. The highest BCUT2D eigenvalue weighted by atomic mass is 35.5. The van der Waals surface area contributed by atoms with Gasteiger partial charge in [-0.1, -0.05) is 11.6 Å². The van der Waals surface area contributed by atoms with Crippen molar-refractivity contribution >= 4 is 38.6 Å². The number of rotatable bonds is 2. The van der Waals surface area contributed by atoms with E-state index in [4.69, 9.17) is 17.3 Å². The summed E-state index contributed by atoms with van der Waals surface area (Å²) in [6.45, 7) is 0.469. The molecule has 1 fully saturated rings. The van der Waals surface area contributed by atoms with Gasteiger partial charge in [-0.05, 0) is 12.5 Å². The fraction of sp³-hybridized carbons (Fsp3) is 0.500. The van der Waals surface area contributed by atoms with Gasteiger partial charge in [0.25, 0.3) is 10.0 Å². The maximum atomic E-state index is 12.1. The van der Waals surface area contributed by atoms with E-state index in [0.29, 0.717) is 13.0 Å². The summed E-state index contributed by atoms with van der Waals surface area (Å²) >= 11 is 6.67. The van der Waals surface area contributed by atoms with Crippen LogP contribution < -0.4 is 5.73 Å². The van der Waals surface area contributed by atoms with Crippen molar-refractivity contribution < 1.29 is 13.5 Å². The molecule has 0 amide bonds. The Morgan fingerprint density at radius 3 is 2.75 bits per heavy atom. The molecule has 0 aliphatic carbocycles. The zero-order chi connectivity index (χ0) is 11.9. The number of nitrogens with zero attached hydrogens (tertiary/aromatic N) is 1. The second-order valence-corrected chi connectivity index (χ2v) is 7.42. The number of aliphatic hydroxyl groups is 1. The molecular weight excluding hydrogens is 272 g/mol. The summed E-state index contributed by atoms with van der Waals surface area (Å²) in [6, 6.07) is 1.35. The average molecular weight is 283 g/mol. The molecule has 1 aromatic rings. The van der Waals surface area contributed by atoms with Gasteiger partial charge in [0.05, 0.1) is 11.8 Å². The van der Waals surface area contributed by atoms with E-state index in [1.807, 2.05) is 0 Å². The molecule has 0 unspecified atom stereocenters. The van der Waals surface area contributed by atoms with Crippen molar-refractivity contribution in [1.82, 2.24) is 4.31 Å². The lowest BCUT2D eigenvalue weighted by Crippen LogP contribution is -2.29. The van der Waals surface area contributed by atoms with Crippen molar-refractivity contribution in [1.29, 1.82) is 0 Å². The Kier molecular flexibility index (Phi) is 3.15. The second kappa shape index (κ2) is 4.15. The summed E-state index contributed by atoms with van der Waals surface area (Å²) < 4.78 is 25.8. The van der Waals surface area contributed by atoms with E-state index in [1.54, 1.807) is 0 Å². The van der Waals surface area contributed by atoms with E-state index < -0.39 is 16.1 Å². The lowest BCUT2D eigenvalue weighted by molar-refractivity contribution is 0.189. The first kappa shape index (κ1) is 12.1. The van der Waals surface area contributed by atoms with E-state index in [2.05, 4.69) is 0 Å². The smallest absolute Gasteiger partial charge is 0.252 e. The Bertz CT molecular complexity index is 480. The Morgan fingerprint density at radius 2 is 2.31 bits per heavy atom. The number of thiophene rings is 1. The number of aliphatic hydroxyl groups excluding tert-OH is 1. The molecular formula is C8H11ClN2O3S2. The zero-order valence-electron chi connectivity index (χ0n) is 8.26. The van der Waals surface area contributed by atoms with E-state index >= 15 is 0 Å². The number of hydrogen-bond acceptors (Lipinski definition) is 5. The van der Waals surface area contributed by atoms with Crippen LogP contribution in [0.15, 0.2) is 10.3 Å². The first-order chi connectivity index (χ1) is 7.41. The molecule has 0 spiro atoms. The van der Waals surface area contributed by atoms with Gasteiger partial charge in [-0.15, -0.1) is 11.3 Å². The molecule has 1 aromatic heterocycles. The minimum atomic E-state index is -3.55. The molecule has 0 aromatic carbocycles. The van der Waals surface area contributed by atoms with Crippen LogP contribution in [-0.2, 0) is 10.0 Å². The van der Waals surface area contributed by atoms with E-state index in [9.17, 15) is 13.5 Å². The maximum Gasteiger partial charge on any atom is 0.252 e. The normalized spacial score (nSPS) is 22.8. The van der Waals surface area contributed by atoms with Gasteiger partial charge < -0.3 is 10.8 Å². The zero-order valence-corrected chi connectivity index (χ0v) is 10.6. The monoisotopic (exact) mass is 282 g/mol.